The first-order chi connectivity index (χ1) is 16.7. The smallest absolute Gasteiger partial charge is 0.345 e. The normalized spacial score (nSPS) is 11.5. The van der Waals surface area contributed by atoms with Crippen molar-refractivity contribution in [2.24, 2.45) is 0 Å². The number of nitrogens with one attached hydrogen (secondary N) is 1. The average Bonchev–Trinajstić information content (AvgIpc) is 2.80. The molecule has 0 aliphatic rings. The van der Waals surface area contributed by atoms with Crippen LogP contribution in [0.5, 0.6) is 17.4 Å². The van der Waals surface area contributed by atoms with E-state index >= 15 is 0 Å². The summed E-state index contributed by atoms with van der Waals surface area (Å²) in [6, 6.07) is 7.23. The van der Waals surface area contributed by atoms with Crippen molar-refractivity contribution in [3.8, 4) is 17.4 Å². The van der Waals surface area contributed by atoms with Gasteiger partial charge in [0.15, 0.2) is 11.6 Å². The number of nitrogens with zero attached hydrogens (tertiary/aromatic N) is 3. The molecule has 1 N–H and O–H groups in total. The topological polar surface area (TPSA) is 85.8 Å². The maximum Gasteiger partial charge on any atom is 0.345 e. The first-order valence-electron chi connectivity index (χ1n) is 10.3. The quantitative estimate of drug-likeness (QED) is 0.290. The molecule has 0 atom stereocenters. The third-order valence-electron chi connectivity index (χ3n) is 4.41. The number of amides is 1. The van der Waals surface area contributed by atoms with Gasteiger partial charge in [0, 0.05) is 18.7 Å². The summed E-state index contributed by atoms with van der Waals surface area (Å²) in [5.41, 5.74) is 0.531. The van der Waals surface area contributed by atoms with Crippen molar-refractivity contribution >= 4 is 34.1 Å². The molecule has 3 rings (SSSR count). The van der Waals surface area contributed by atoms with Gasteiger partial charge in [-0.1, -0.05) is 23.7 Å². The number of hydrogen-bond donors (Lipinski definition) is 1. The maximum atomic E-state index is 14.4. The lowest BCUT2D eigenvalue weighted by Gasteiger charge is -2.15. The van der Waals surface area contributed by atoms with Gasteiger partial charge in [-0.3, -0.25) is 4.79 Å². The molecule has 1 aromatic heterocycles. The van der Waals surface area contributed by atoms with Crippen LogP contribution in [0.25, 0.3) is 10.9 Å². The molecule has 1 amide bonds. The van der Waals surface area contributed by atoms with E-state index in [2.05, 4.69) is 20.0 Å². The Hall–Kier alpha value is -3.41. The van der Waals surface area contributed by atoms with Crippen molar-refractivity contribution in [2.75, 3.05) is 39.2 Å². The second kappa shape index (κ2) is 12.3. The third-order valence-corrected chi connectivity index (χ3v) is 4.70. The number of carbonyl (C=O) groups excluding carboxylic acids is 1. The Morgan fingerprint density at radius 2 is 2.00 bits per heavy atom. The zero-order chi connectivity index (χ0) is 25.4. The molecule has 8 nitrogen and oxygen atoms in total. The molecule has 2 aromatic carbocycles. The van der Waals surface area contributed by atoms with Gasteiger partial charge in [0.2, 0.25) is 11.8 Å². The van der Waals surface area contributed by atoms with Crippen molar-refractivity contribution in [2.45, 2.75) is 6.61 Å². The predicted octanol–water partition coefficient (Wildman–Crippen LogP) is 4.89. The van der Waals surface area contributed by atoms with Crippen LogP contribution in [0.15, 0.2) is 48.8 Å². The van der Waals surface area contributed by atoms with Crippen LogP contribution in [-0.2, 0) is 9.53 Å². The minimum absolute atomic E-state index is 0.00222. The number of halogens is 4. The molecule has 0 fully saturated rings. The average molecular weight is 511 g/mol. The van der Waals surface area contributed by atoms with E-state index in [1.54, 1.807) is 6.08 Å². The van der Waals surface area contributed by atoms with Crippen LogP contribution in [-0.4, -0.2) is 61.2 Å². The van der Waals surface area contributed by atoms with E-state index < -0.39 is 18.3 Å². The highest BCUT2D eigenvalue weighted by molar-refractivity contribution is 6.30. The first kappa shape index (κ1) is 26.2. The Balaban J connectivity index is 1.95. The van der Waals surface area contributed by atoms with Gasteiger partial charge in [0.1, 0.15) is 18.7 Å². The predicted molar refractivity (Wildman–Crippen MR) is 125 cm³/mol. The molecular weight excluding hydrogens is 489 g/mol. The minimum Gasteiger partial charge on any atom is -0.489 e. The maximum absolute atomic E-state index is 14.4. The van der Waals surface area contributed by atoms with Crippen molar-refractivity contribution in [3.63, 3.8) is 0 Å². The molecule has 0 saturated carbocycles. The molecule has 0 aliphatic heterocycles. The van der Waals surface area contributed by atoms with Crippen LogP contribution in [0.3, 0.4) is 0 Å². The van der Waals surface area contributed by atoms with E-state index in [9.17, 15) is 18.0 Å². The molecule has 1 heterocycles. The van der Waals surface area contributed by atoms with Gasteiger partial charge >= 0.3 is 6.61 Å². The van der Waals surface area contributed by atoms with Gasteiger partial charge in [0.05, 0.1) is 28.2 Å². The summed E-state index contributed by atoms with van der Waals surface area (Å²) < 4.78 is 54.3. The summed E-state index contributed by atoms with van der Waals surface area (Å²) in [6.07, 6.45) is 4.20. The highest BCUT2D eigenvalue weighted by Gasteiger charge is 2.16. The molecule has 12 heteroatoms. The third kappa shape index (κ3) is 7.54. The Kier molecular flexibility index (Phi) is 9.24. The van der Waals surface area contributed by atoms with Crippen molar-refractivity contribution < 1.29 is 32.2 Å². The molecule has 0 unspecified atom stereocenters. The summed E-state index contributed by atoms with van der Waals surface area (Å²) >= 11 is 5.82. The lowest BCUT2D eigenvalue weighted by atomic mass is 10.2. The van der Waals surface area contributed by atoms with Crippen LogP contribution in [0.1, 0.15) is 0 Å². The number of alkyl halides is 2. The zero-order valence-corrected chi connectivity index (χ0v) is 19.6. The Bertz CT molecular complexity index is 1210. The second-order valence-electron chi connectivity index (χ2n) is 7.33. The lowest BCUT2D eigenvalue weighted by Crippen LogP contribution is -2.14. The Morgan fingerprint density at radius 1 is 1.20 bits per heavy atom. The largest absolute Gasteiger partial charge is 0.489 e. The molecular formula is C23H22ClF3N4O4. The van der Waals surface area contributed by atoms with Gasteiger partial charge in [-0.25, -0.2) is 14.4 Å². The molecule has 3 aromatic rings. The number of ether oxygens (including phenoxy) is 3. The molecule has 0 radical (unpaired) electrons. The van der Waals surface area contributed by atoms with E-state index in [-0.39, 0.29) is 41.3 Å². The molecule has 186 valence electrons. The van der Waals surface area contributed by atoms with Crippen molar-refractivity contribution in [3.05, 3.63) is 59.7 Å². The Morgan fingerprint density at radius 3 is 2.74 bits per heavy atom. The number of aromatic nitrogens is 2. The fourth-order valence-electron chi connectivity index (χ4n) is 2.86. The monoisotopic (exact) mass is 510 g/mol. The number of likely N-dealkylation sites (N-methyl/N-ethyl adjacent to an activating group) is 1. The van der Waals surface area contributed by atoms with Gasteiger partial charge in [-0.2, -0.15) is 8.78 Å². The number of fused-ring (bicyclic) bond motifs is 1. The SMILES string of the molecule is CN(C)C/C=C/C(=O)Nc1cc2c(Oc3cccc(Cl)c3F)ncnc2cc1OCCOC(F)F. The van der Waals surface area contributed by atoms with Crippen LogP contribution < -0.4 is 14.8 Å². The van der Waals surface area contributed by atoms with E-state index in [4.69, 9.17) is 21.1 Å². The van der Waals surface area contributed by atoms with Gasteiger partial charge in [-0.15, -0.1) is 0 Å². The molecule has 0 aliphatic carbocycles. The summed E-state index contributed by atoms with van der Waals surface area (Å²) in [5.74, 6) is -1.22. The number of hydrogen-bond acceptors (Lipinski definition) is 7. The summed E-state index contributed by atoms with van der Waals surface area (Å²) in [5, 5.41) is 2.88. The lowest BCUT2D eigenvalue weighted by molar-refractivity contribution is -0.133. The number of benzene rings is 2. The van der Waals surface area contributed by atoms with Crippen molar-refractivity contribution in [1.29, 1.82) is 0 Å². The Labute approximate surface area is 204 Å². The van der Waals surface area contributed by atoms with E-state index in [1.165, 1.54) is 42.7 Å². The van der Waals surface area contributed by atoms with E-state index in [0.29, 0.717) is 17.4 Å². The van der Waals surface area contributed by atoms with E-state index in [1.807, 2.05) is 19.0 Å². The number of carbonyl (C=O) groups is 1. The molecule has 0 saturated heterocycles. The highest BCUT2D eigenvalue weighted by atomic mass is 35.5. The molecule has 0 spiro atoms. The fraction of sp³-hybridized carbons (Fsp3) is 0.261. The van der Waals surface area contributed by atoms with Gasteiger partial charge < -0.3 is 24.4 Å². The summed E-state index contributed by atoms with van der Waals surface area (Å²) in [6.45, 7) is -2.98. The van der Waals surface area contributed by atoms with E-state index in [0.717, 1.165) is 0 Å². The number of rotatable bonds is 11. The molecule has 0 bridgehead atoms. The summed E-state index contributed by atoms with van der Waals surface area (Å²) in [4.78, 5) is 22.5. The molecule has 35 heavy (non-hydrogen) atoms. The standard InChI is InChI=1S/C23H22ClF3N4O4/c1-31(2)8-4-7-20(32)30-17-11-14-16(12-19(17)33-9-10-34-23(26)27)28-13-29-22(14)35-18-6-3-5-15(24)21(18)25/h3-7,11-13,23H,8-10H2,1-2H3,(H,30,32)/b7-4+. The van der Waals surface area contributed by atoms with Crippen molar-refractivity contribution in [1.82, 2.24) is 14.9 Å². The van der Waals surface area contributed by atoms with Crippen LogP contribution in [0.2, 0.25) is 5.02 Å². The number of anilines is 1. The second-order valence-corrected chi connectivity index (χ2v) is 7.74. The van der Waals surface area contributed by atoms with Gasteiger partial charge in [0.25, 0.3) is 0 Å². The first-order valence-corrected chi connectivity index (χ1v) is 10.7. The zero-order valence-electron chi connectivity index (χ0n) is 18.8. The minimum atomic E-state index is -2.93. The summed E-state index contributed by atoms with van der Waals surface area (Å²) in [7, 11) is 3.70. The van der Waals surface area contributed by atoms with Crippen LogP contribution in [0.4, 0.5) is 18.9 Å². The van der Waals surface area contributed by atoms with Gasteiger partial charge in [-0.05, 0) is 32.3 Å². The highest BCUT2D eigenvalue weighted by Crippen LogP contribution is 2.36. The van der Waals surface area contributed by atoms with Crippen LogP contribution in [0, 0.1) is 5.82 Å². The van der Waals surface area contributed by atoms with Crippen LogP contribution >= 0.6 is 11.6 Å². The fourth-order valence-corrected chi connectivity index (χ4v) is 3.03.